The summed E-state index contributed by atoms with van der Waals surface area (Å²) in [4.78, 5) is 12.2. The largest absolute Gasteiger partial charge is 0.349 e. The van der Waals surface area contributed by atoms with Crippen LogP contribution in [0.15, 0.2) is 16.7 Å². The van der Waals surface area contributed by atoms with Gasteiger partial charge in [-0.2, -0.15) is 0 Å². The van der Waals surface area contributed by atoms with Crippen LogP contribution in [-0.2, 0) is 6.54 Å². The quantitative estimate of drug-likeness (QED) is 0.607. The monoisotopic (exact) mass is 355 g/mol. The summed E-state index contributed by atoms with van der Waals surface area (Å²) in [5.74, 6) is 0.00483. The van der Waals surface area contributed by atoms with Gasteiger partial charge in [-0.15, -0.1) is 0 Å². The Kier molecular flexibility index (Phi) is 6.77. The van der Waals surface area contributed by atoms with Crippen LogP contribution >= 0.6 is 15.9 Å². The minimum absolute atomic E-state index is 0.00483. The number of hydrogen-bond donors (Lipinski definition) is 2. The fourth-order valence-corrected chi connectivity index (χ4v) is 3.42. The molecule has 4 nitrogen and oxygen atoms in total. The lowest BCUT2D eigenvalue weighted by Crippen LogP contribution is -2.37. The first-order valence-electron chi connectivity index (χ1n) is 8.08. The van der Waals surface area contributed by atoms with E-state index >= 15 is 0 Å². The molecule has 1 aromatic heterocycles. The van der Waals surface area contributed by atoms with Crippen molar-refractivity contribution in [2.75, 3.05) is 13.1 Å². The molecule has 0 saturated heterocycles. The molecule has 1 aliphatic carbocycles. The van der Waals surface area contributed by atoms with Crippen molar-refractivity contribution in [3.05, 3.63) is 22.4 Å². The number of aromatic nitrogens is 1. The van der Waals surface area contributed by atoms with Gasteiger partial charge >= 0.3 is 0 Å². The third-order valence-electron chi connectivity index (χ3n) is 4.14. The van der Waals surface area contributed by atoms with E-state index in [9.17, 15) is 4.79 Å². The number of amides is 1. The summed E-state index contributed by atoms with van der Waals surface area (Å²) in [6.45, 7) is 4.37. The molecule has 1 heterocycles. The zero-order chi connectivity index (χ0) is 15.1. The van der Waals surface area contributed by atoms with Crippen LogP contribution in [0.3, 0.4) is 0 Å². The molecule has 118 valence electrons. The SMILES string of the molecule is CCn1cc(Br)cc1C(=O)NCCNC1CCCCCC1. The standard InChI is InChI=1S/C16H26BrN3O/c1-2-20-12-13(17)11-15(20)16(21)19-10-9-18-14-7-5-3-4-6-8-14/h11-12,14,18H,2-10H2,1H3,(H,19,21). The molecule has 1 saturated carbocycles. The summed E-state index contributed by atoms with van der Waals surface area (Å²) in [6, 6.07) is 2.51. The Morgan fingerprint density at radius 2 is 2.00 bits per heavy atom. The lowest BCUT2D eigenvalue weighted by molar-refractivity contribution is 0.0944. The Hall–Kier alpha value is -0.810. The zero-order valence-corrected chi connectivity index (χ0v) is 14.4. The summed E-state index contributed by atoms with van der Waals surface area (Å²) < 4.78 is 2.91. The molecule has 21 heavy (non-hydrogen) atoms. The summed E-state index contributed by atoms with van der Waals surface area (Å²) in [7, 11) is 0. The van der Waals surface area contributed by atoms with Gasteiger partial charge in [-0.05, 0) is 41.8 Å². The minimum Gasteiger partial charge on any atom is -0.349 e. The van der Waals surface area contributed by atoms with Crippen molar-refractivity contribution in [3.63, 3.8) is 0 Å². The number of carbonyl (C=O) groups is 1. The van der Waals surface area contributed by atoms with E-state index in [4.69, 9.17) is 0 Å². The van der Waals surface area contributed by atoms with Gasteiger partial charge in [-0.1, -0.05) is 25.7 Å². The molecule has 2 N–H and O–H groups in total. The first-order chi connectivity index (χ1) is 10.2. The van der Waals surface area contributed by atoms with Gasteiger partial charge in [-0.3, -0.25) is 4.79 Å². The van der Waals surface area contributed by atoms with Crippen molar-refractivity contribution < 1.29 is 4.79 Å². The fraction of sp³-hybridized carbons (Fsp3) is 0.688. The fourth-order valence-electron chi connectivity index (χ4n) is 2.95. The Labute approximate surface area is 135 Å². The van der Waals surface area contributed by atoms with Gasteiger partial charge in [-0.25, -0.2) is 0 Å². The zero-order valence-electron chi connectivity index (χ0n) is 12.8. The topological polar surface area (TPSA) is 46.1 Å². The first kappa shape index (κ1) is 16.6. The first-order valence-corrected chi connectivity index (χ1v) is 8.87. The Bertz CT molecular complexity index is 450. The van der Waals surface area contributed by atoms with Gasteiger partial charge in [0.1, 0.15) is 5.69 Å². The molecule has 1 fully saturated rings. The van der Waals surface area contributed by atoms with Crippen molar-refractivity contribution in [2.45, 2.75) is 58.0 Å². The van der Waals surface area contributed by atoms with E-state index in [0.717, 1.165) is 23.3 Å². The summed E-state index contributed by atoms with van der Waals surface area (Å²) in [5, 5.41) is 6.57. The molecular formula is C16H26BrN3O. The molecule has 0 aromatic carbocycles. The number of halogens is 1. The molecule has 2 rings (SSSR count). The van der Waals surface area contributed by atoms with E-state index in [0.29, 0.717) is 12.6 Å². The number of aryl methyl sites for hydroxylation is 1. The van der Waals surface area contributed by atoms with Gasteiger partial charge in [0.25, 0.3) is 5.91 Å². The molecule has 0 atom stereocenters. The van der Waals surface area contributed by atoms with Crippen LogP contribution in [0.25, 0.3) is 0 Å². The highest BCUT2D eigenvalue weighted by molar-refractivity contribution is 9.10. The van der Waals surface area contributed by atoms with Gasteiger partial charge in [0, 0.05) is 36.3 Å². The van der Waals surface area contributed by atoms with Crippen LogP contribution in [-0.4, -0.2) is 29.6 Å². The normalized spacial score (nSPS) is 16.7. The predicted molar refractivity (Wildman–Crippen MR) is 89.6 cm³/mol. The van der Waals surface area contributed by atoms with E-state index in [2.05, 4.69) is 26.6 Å². The molecule has 0 bridgehead atoms. The highest BCUT2D eigenvalue weighted by atomic mass is 79.9. The second kappa shape index (κ2) is 8.59. The average Bonchev–Trinajstić information content (AvgIpc) is 2.69. The second-order valence-corrected chi connectivity index (χ2v) is 6.64. The molecule has 0 radical (unpaired) electrons. The van der Waals surface area contributed by atoms with Gasteiger partial charge in [0.05, 0.1) is 0 Å². The number of nitrogens with zero attached hydrogens (tertiary/aromatic N) is 1. The van der Waals surface area contributed by atoms with E-state index in [1.807, 2.05) is 23.8 Å². The van der Waals surface area contributed by atoms with Crippen LogP contribution in [0.1, 0.15) is 55.9 Å². The number of nitrogens with one attached hydrogen (secondary N) is 2. The number of hydrogen-bond acceptors (Lipinski definition) is 2. The Morgan fingerprint density at radius 3 is 2.67 bits per heavy atom. The molecule has 0 unspecified atom stereocenters. The lowest BCUT2D eigenvalue weighted by Gasteiger charge is -2.16. The second-order valence-electron chi connectivity index (χ2n) is 5.73. The van der Waals surface area contributed by atoms with E-state index < -0.39 is 0 Å². The van der Waals surface area contributed by atoms with Crippen molar-refractivity contribution in [1.82, 2.24) is 15.2 Å². The molecule has 1 amide bonds. The van der Waals surface area contributed by atoms with E-state index in [1.54, 1.807) is 0 Å². The summed E-state index contributed by atoms with van der Waals surface area (Å²) in [5.41, 5.74) is 0.721. The van der Waals surface area contributed by atoms with Crippen molar-refractivity contribution >= 4 is 21.8 Å². The van der Waals surface area contributed by atoms with Crippen LogP contribution in [0.5, 0.6) is 0 Å². The van der Waals surface area contributed by atoms with Gasteiger partial charge < -0.3 is 15.2 Å². The van der Waals surface area contributed by atoms with Crippen LogP contribution < -0.4 is 10.6 Å². The smallest absolute Gasteiger partial charge is 0.267 e. The third kappa shape index (κ3) is 5.15. The van der Waals surface area contributed by atoms with Crippen molar-refractivity contribution in [3.8, 4) is 0 Å². The maximum atomic E-state index is 12.2. The summed E-state index contributed by atoms with van der Waals surface area (Å²) >= 11 is 3.42. The molecule has 0 aliphatic heterocycles. The van der Waals surface area contributed by atoms with E-state index in [1.165, 1.54) is 38.5 Å². The highest BCUT2D eigenvalue weighted by Crippen LogP contribution is 2.17. The lowest BCUT2D eigenvalue weighted by atomic mass is 10.1. The maximum absolute atomic E-state index is 12.2. The molecular weight excluding hydrogens is 330 g/mol. The van der Waals surface area contributed by atoms with Crippen LogP contribution in [0.2, 0.25) is 0 Å². The van der Waals surface area contributed by atoms with Gasteiger partial charge in [0.15, 0.2) is 0 Å². The Morgan fingerprint density at radius 1 is 1.29 bits per heavy atom. The van der Waals surface area contributed by atoms with Crippen LogP contribution in [0, 0.1) is 0 Å². The molecule has 1 aromatic rings. The number of rotatable bonds is 6. The Balaban J connectivity index is 1.71. The molecule has 5 heteroatoms. The number of carbonyl (C=O) groups excluding carboxylic acids is 1. The van der Waals surface area contributed by atoms with Gasteiger partial charge in [0.2, 0.25) is 0 Å². The predicted octanol–water partition coefficient (Wildman–Crippen LogP) is 3.31. The van der Waals surface area contributed by atoms with Crippen molar-refractivity contribution in [1.29, 1.82) is 0 Å². The average molecular weight is 356 g/mol. The highest BCUT2D eigenvalue weighted by Gasteiger charge is 2.13. The minimum atomic E-state index is 0.00483. The maximum Gasteiger partial charge on any atom is 0.267 e. The molecule has 1 aliphatic rings. The molecule has 0 spiro atoms. The van der Waals surface area contributed by atoms with Crippen molar-refractivity contribution in [2.24, 2.45) is 0 Å². The third-order valence-corrected chi connectivity index (χ3v) is 4.57. The van der Waals surface area contributed by atoms with E-state index in [-0.39, 0.29) is 5.91 Å². The van der Waals surface area contributed by atoms with Crippen LogP contribution in [0.4, 0.5) is 0 Å². The summed E-state index contributed by atoms with van der Waals surface area (Å²) in [6.07, 6.45) is 9.91.